The third-order valence-corrected chi connectivity index (χ3v) is 8.07. The van der Waals surface area contributed by atoms with E-state index in [1.807, 2.05) is 91.0 Å². The fourth-order valence-corrected chi connectivity index (χ4v) is 5.65. The van der Waals surface area contributed by atoms with Crippen molar-refractivity contribution in [3.05, 3.63) is 155 Å². The molecule has 0 bridgehead atoms. The van der Waals surface area contributed by atoms with Gasteiger partial charge in [-0.1, -0.05) is 103 Å². The summed E-state index contributed by atoms with van der Waals surface area (Å²) in [6.07, 6.45) is -0.471. The van der Waals surface area contributed by atoms with Crippen molar-refractivity contribution in [3.8, 4) is 22.6 Å². The molecule has 1 aliphatic carbocycles. The van der Waals surface area contributed by atoms with Gasteiger partial charge >= 0.3 is 12.1 Å². The Kier molecular flexibility index (Phi) is 9.59. The Labute approximate surface area is 268 Å². The minimum Gasteiger partial charge on any atom is -0.497 e. The third kappa shape index (κ3) is 7.38. The zero-order valence-corrected chi connectivity index (χ0v) is 25.6. The van der Waals surface area contributed by atoms with Crippen LogP contribution in [0.3, 0.4) is 0 Å². The topological polar surface area (TPSA) is 83.1 Å². The molecule has 46 heavy (non-hydrogen) atoms. The Bertz CT molecular complexity index is 1720. The molecule has 7 heteroatoms. The highest BCUT2D eigenvalue weighted by atomic mass is 16.6. The van der Waals surface area contributed by atoms with Crippen molar-refractivity contribution in [1.29, 1.82) is 0 Å². The smallest absolute Gasteiger partial charge is 0.407 e. The van der Waals surface area contributed by atoms with Crippen LogP contribution < -0.4 is 14.8 Å². The number of hydrogen-bond acceptors (Lipinski definition) is 6. The third-order valence-electron chi connectivity index (χ3n) is 8.07. The minimum absolute atomic E-state index is 0.0535. The molecule has 0 aromatic heterocycles. The molecule has 232 valence electrons. The number of rotatable bonds is 12. The number of esters is 1. The van der Waals surface area contributed by atoms with Crippen LogP contribution in [0.25, 0.3) is 11.1 Å². The van der Waals surface area contributed by atoms with Gasteiger partial charge in [0.25, 0.3) is 0 Å². The molecule has 0 unspecified atom stereocenters. The van der Waals surface area contributed by atoms with E-state index in [1.165, 1.54) is 0 Å². The Morgan fingerprint density at radius 3 is 1.85 bits per heavy atom. The average molecular weight is 614 g/mol. The van der Waals surface area contributed by atoms with Crippen LogP contribution in [0.5, 0.6) is 11.5 Å². The van der Waals surface area contributed by atoms with Crippen LogP contribution in [0, 0.1) is 0 Å². The van der Waals surface area contributed by atoms with E-state index in [2.05, 4.69) is 29.6 Å². The van der Waals surface area contributed by atoms with Gasteiger partial charge in [0.2, 0.25) is 0 Å². The van der Waals surface area contributed by atoms with E-state index in [1.54, 1.807) is 19.2 Å². The summed E-state index contributed by atoms with van der Waals surface area (Å²) in [6, 6.07) is 40.0. The number of carbonyl (C=O) groups is 2. The summed E-state index contributed by atoms with van der Waals surface area (Å²) in [6.45, 7) is 0.642. The maximum Gasteiger partial charge on any atom is 0.407 e. The quantitative estimate of drug-likeness (QED) is 0.147. The van der Waals surface area contributed by atoms with Crippen molar-refractivity contribution in [2.24, 2.45) is 0 Å². The number of fused-ring (bicyclic) bond motifs is 3. The number of nitrogens with one attached hydrogen (secondary N) is 1. The number of ether oxygens (including phenoxy) is 4. The molecule has 1 N–H and O–H groups in total. The summed E-state index contributed by atoms with van der Waals surface area (Å²) >= 11 is 0. The lowest BCUT2D eigenvalue weighted by molar-refractivity contribution is -0.147. The molecule has 5 aromatic rings. The molecule has 6 rings (SSSR count). The number of carbonyl (C=O) groups excluding carboxylic acids is 2. The predicted molar refractivity (Wildman–Crippen MR) is 176 cm³/mol. The molecule has 5 aromatic carbocycles. The molecule has 1 aliphatic rings. The van der Waals surface area contributed by atoms with E-state index in [-0.39, 0.29) is 25.6 Å². The van der Waals surface area contributed by atoms with Gasteiger partial charge in [0.05, 0.1) is 7.11 Å². The van der Waals surface area contributed by atoms with Crippen molar-refractivity contribution in [3.63, 3.8) is 0 Å². The normalized spacial score (nSPS) is 12.4. The van der Waals surface area contributed by atoms with Crippen molar-refractivity contribution >= 4 is 12.1 Å². The largest absolute Gasteiger partial charge is 0.497 e. The molecule has 0 fully saturated rings. The van der Waals surface area contributed by atoms with Gasteiger partial charge < -0.3 is 24.3 Å². The Morgan fingerprint density at radius 1 is 0.630 bits per heavy atom. The lowest BCUT2D eigenvalue weighted by Gasteiger charge is -2.20. The standard InChI is InChI=1S/C39H35NO6/c1-43-30-19-17-29(18-20-30)25-45-38(41)37(23-27-15-21-31(22-16-27)44-24-28-9-3-2-4-10-28)40-39(42)46-26-36-34-13-7-5-11-32(34)33-12-6-8-14-35(33)36/h2-22,36-37H,23-26H2,1H3,(H,40,42)/t37-/m0/s1. The average Bonchev–Trinajstić information content (AvgIpc) is 3.43. The van der Waals surface area contributed by atoms with E-state index in [9.17, 15) is 9.59 Å². The Hall–Kier alpha value is -5.56. The Balaban J connectivity index is 1.12. The van der Waals surface area contributed by atoms with Gasteiger partial charge in [0.1, 0.15) is 37.4 Å². The molecular formula is C39H35NO6. The van der Waals surface area contributed by atoms with Crippen LogP contribution in [-0.4, -0.2) is 31.8 Å². The first-order valence-electron chi connectivity index (χ1n) is 15.2. The molecule has 0 saturated heterocycles. The predicted octanol–water partition coefficient (Wildman–Crippen LogP) is 7.47. The highest BCUT2D eigenvalue weighted by molar-refractivity contribution is 5.82. The summed E-state index contributed by atoms with van der Waals surface area (Å²) in [4.78, 5) is 26.5. The van der Waals surface area contributed by atoms with Crippen molar-refractivity contribution in [2.75, 3.05) is 13.7 Å². The fraction of sp³-hybridized carbons (Fsp3) is 0.179. The zero-order valence-electron chi connectivity index (χ0n) is 25.6. The van der Waals surface area contributed by atoms with E-state index in [4.69, 9.17) is 18.9 Å². The van der Waals surface area contributed by atoms with Gasteiger partial charge in [0, 0.05) is 12.3 Å². The Morgan fingerprint density at radius 2 is 1.20 bits per heavy atom. The van der Waals surface area contributed by atoms with E-state index in [0.29, 0.717) is 18.1 Å². The lowest BCUT2D eigenvalue weighted by Crippen LogP contribution is -2.43. The monoisotopic (exact) mass is 613 g/mol. The number of amides is 1. The number of alkyl carbamates (subject to hydrolysis) is 1. The van der Waals surface area contributed by atoms with Crippen LogP contribution >= 0.6 is 0 Å². The van der Waals surface area contributed by atoms with Crippen LogP contribution in [0.4, 0.5) is 4.79 Å². The van der Waals surface area contributed by atoms with E-state index < -0.39 is 18.1 Å². The van der Waals surface area contributed by atoms with Crippen molar-refractivity contribution in [2.45, 2.75) is 31.6 Å². The highest BCUT2D eigenvalue weighted by Crippen LogP contribution is 2.44. The van der Waals surface area contributed by atoms with Crippen molar-refractivity contribution < 1.29 is 28.5 Å². The second-order valence-corrected chi connectivity index (χ2v) is 11.1. The first-order valence-corrected chi connectivity index (χ1v) is 15.2. The fourth-order valence-electron chi connectivity index (χ4n) is 5.65. The molecule has 7 nitrogen and oxygen atoms in total. The van der Waals surface area contributed by atoms with Gasteiger partial charge in [-0.15, -0.1) is 0 Å². The lowest BCUT2D eigenvalue weighted by atomic mass is 9.98. The van der Waals surface area contributed by atoms with E-state index >= 15 is 0 Å². The second kappa shape index (κ2) is 14.5. The van der Waals surface area contributed by atoms with Crippen LogP contribution in [-0.2, 0) is 33.9 Å². The summed E-state index contributed by atoms with van der Waals surface area (Å²) in [5.41, 5.74) is 7.21. The summed E-state index contributed by atoms with van der Waals surface area (Å²) in [7, 11) is 1.59. The molecular weight excluding hydrogens is 578 g/mol. The minimum atomic E-state index is -0.968. The van der Waals surface area contributed by atoms with Crippen LogP contribution in [0.15, 0.2) is 127 Å². The molecule has 0 aliphatic heterocycles. The number of hydrogen-bond donors (Lipinski definition) is 1. The zero-order chi connectivity index (χ0) is 31.7. The molecule has 0 saturated carbocycles. The van der Waals surface area contributed by atoms with Gasteiger partial charge in [-0.25, -0.2) is 9.59 Å². The maximum atomic E-state index is 13.4. The van der Waals surface area contributed by atoms with Gasteiger partial charge in [-0.05, 0) is 63.2 Å². The van der Waals surface area contributed by atoms with E-state index in [0.717, 1.165) is 38.9 Å². The first-order chi connectivity index (χ1) is 22.6. The summed E-state index contributed by atoms with van der Waals surface area (Å²) in [5, 5.41) is 2.77. The molecule has 0 spiro atoms. The van der Waals surface area contributed by atoms with Crippen LogP contribution in [0.1, 0.15) is 33.7 Å². The number of benzene rings is 5. The maximum absolute atomic E-state index is 13.4. The molecule has 0 radical (unpaired) electrons. The van der Waals surface area contributed by atoms with Gasteiger partial charge in [-0.3, -0.25) is 0 Å². The van der Waals surface area contributed by atoms with Crippen molar-refractivity contribution in [1.82, 2.24) is 5.32 Å². The summed E-state index contributed by atoms with van der Waals surface area (Å²) in [5.74, 6) is 0.757. The summed E-state index contributed by atoms with van der Waals surface area (Å²) < 4.78 is 22.5. The highest BCUT2D eigenvalue weighted by Gasteiger charge is 2.30. The molecule has 1 atom stereocenters. The first kappa shape index (κ1) is 30.5. The van der Waals surface area contributed by atoms with Gasteiger partial charge in [0.15, 0.2) is 0 Å². The van der Waals surface area contributed by atoms with Gasteiger partial charge in [-0.2, -0.15) is 0 Å². The number of methoxy groups -OCH3 is 1. The SMILES string of the molecule is COc1ccc(COC(=O)[C@H](Cc2ccc(OCc3ccccc3)cc2)NC(=O)OCC2c3ccccc3-c3ccccc32)cc1. The molecule has 1 amide bonds. The van der Waals surface area contributed by atoms with Crippen LogP contribution in [0.2, 0.25) is 0 Å². The molecule has 0 heterocycles. The second-order valence-electron chi connectivity index (χ2n) is 11.1.